The summed E-state index contributed by atoms with van der Waals surface area (Å²) in [5.41, 5.74) is 7.14. The summed E-state index contributed by atoms with van der Waals surface area (Å²) in [6.45, 7) is 4.22. The van der Waals surface area contributed by atoms with Crippen LogP contribution in [0.2, 0.25) is 5.15 Å². The van der Waals surface area contributed by atoms with Gasteiger partial charge in [-0.1, -0.05) is 17.7 Å². The molecule has 2 heterocycles. The molecule has 0 fully saturated rings. The Balaban J connectivity index is 2.72. The van der Waals surface area contributed by atoms with E-state index in [1.165, 1.54) is 0 Å². The fourth-order valence-corrected chi connectivity index (χ4v) is 1.45. The molecule has 0 atom stereocenters. The van der Waals surface area contributed by atoms with Gasteiger partial charge in [0.05, 0.1) is 0 Å². The Morgan fingerprint density at radius 2 is 2.29 bits per heavy atom. The van der Waals surface area contributed by atoms with Crippen molar-refractivity contribution in [1.29, 1.82) is 0 Å². The number of aromatic nitrogens is 3. The zero-order chi connectivity index (χ0) is 10.1. The lowest BCUT2D eigenvalue weighted by molar-refractivity contribution is 0.854. The fourth-order valence-electron chi connectivity index (χ4n) is 1.31. The molecule has 0 saturated heterocycles. The maximum Gasteiger partial charge on any atom is 0.202 e. The minimum Gasteiger partial charge on any atom is -0.369 e. The second-order valence-corrected chi connectivity index (χ2v) is 3.23. The van der Waals surface area contributed by atoms with E-state index in [-0.39, 0.29) is 0 Å². The van der Waals surface area contributed by atoms with Crippen molar-refractivity contribution < 1.29 is 0 Å². The summed E-state index contributed by atoms with van der Waals surface area (Å²) in [7, 11) is 0. The van der Waals surface area contributed by atoms with E-state index < -0.39 is 0 Å². The van der Waals surface area contributed by atoms with Crippen LogP contribution in [0.1, 0.15) is 0 Å². The number of hydrogen-bond donors (Lipinski definition) is 1. The van der Waals surface area contributed by atoms with Crippen molar-refractivity contribution in [2.24, 2.45) is 0 Å². The Morgan fingerprint density at radius 1 is 1.50 bits per heavy atom. The van der Waals surface area contributed by atoms with Gasteiger partial charge in [-0.2, -0.15) is 0 Å². The summed E-state index contributed by atoms with van der Waals surface area (Å²) in [6.07, 6.45) is 1.74. The average Bonchev–Trinajstić information content (AvgIpc) is 2.45. The van der Waals surface area contributed by atoms with Gasteiger partial charge in [0.25, 0.3) is 0 Å². The molecule has 14 heavy (non-hydrogen) atoms. The Hall–Kier alpha value is -1.55. The summed E-state index contributed by atoms with van der Waals surface area (Å²) in [5.74, 6) is 0.426. The number of rotatable bonds is 2. The highest BCUT2D eigenvalue weighted by atomic mass is 35.5. The van der Waals surface area contributed by atoms with E-state index in [2.05, 4.69) is 16.5 Å². The van der Waals surface area contributed by atoms with Gasteiger partial charge in [0.1, 0.15) is 10.7 Å². The van der Waals surface area contributed by atoms with Crippen molar-refractivity contribution in [3.8, 4) is 0 Å². The molecular weight excluding hydrogens is 200 g/mol. The van der Waals surface area contributed by atoms with Crippen LogP contribution in [0.15, 0.2) is 24.8 Å². The molecule has 72 valence electrons. The van der Waals surface area contributed by atoms with Gasteiger partial charge in [-0.15, -0.1) is 6.58 Å². The van der Waals surface area contributed by atoms with Crippen LogP contribution < -0.4 is 5.73 Å². The van der Waals surface area contributed by atoms with Crippen LogP contribution in [0.3, 0.4) is 0 Å². The summed E-state index contributed by atoms with van der Waals surface area (Å²) >= 11 is 5.78. The molecule has 4 nitrogen and oxygen atoms in total. The number of fused-ring (bicyclic) bond motifs is 1. The van der Waals surface area contributed by atoms with Gasteiger partial charge in [0, 0.05) is 6.54 Å². The van der Waals surface area contributed by atoms with Gasteiger partial charge in [0.2, 0.25) is 5.95 Å². The first-order valence-electron chi connectivity index (χ1n) is 4.11. The fraction of sp³-hybridized carbons (Fsp3) is 0.111. The third-order valence-electron chi connectivity index (χ3n) is 1.90. The van der Waals surface area contributed by atoms with E-state index in [1.54, 1.807) is 22.8 Å². The molecule has 0 radical (unpaired) electrons. The van der Waals surface area contributed by atoms with Gasteiger partial charge >= 0.3 is 0 Å². The van der Waals surface area contributed by atoms with Crippen molar-refractivity contribution in [3.63, 3.8) is 0 Å². The van der Waals surface area contributed by atoms with Crippen molar-refractivity contribution in [2.75, 3.05) is 5.73 Å². The highest BCUT2D eigenvalue weighted by molar-refractivity contribution is 6.29. The largest absolute Gasteiger partial charge is 0.369 e. The maximum absolute atomic E-state index is 5.78. The van der Waals surface area contributed by atoms with Crippen molar-refractivity contribution in [3.05, 3.63) is 29.9 Å². The zero-order valence-electron chi connectivity index (χ0n) is 7.44. The normalized spacial score (nSPS) is 10.6. The first-order chi connectivity index (χ1) is 6.72. The molecule has 0 spiro atoms. The van der Waals surface area contributed by atoms with Gasteiger partial charge in [-0.05, 0) is 12.1 Å². The highest BCUT2D eigenvalue weighted by Crippen LogP contribution is 2.17. The number of imidazole rings is 1. The molecule has 2 N–H and O–H groups in total. The van der Waals surface area contributed by atoms with Crippen LogP contribution in [0, 0.1) is 0 Å². The first-order valence-corrected chi connectivity index (χ1v) is 4.49. The molecule has 0 saturated carbocycles. The third kappa shape index (κ3) is 1.33. The molecule has 0 aliphatic heterocycles. The van der Waals surface area contributed by atoms with Gasteiger partial charge in [-0.3, -0.25) is 4.57 Å². The number of nitrogens with zero attached hydrogens (tertiary/aromatic N) is 3. The number of halogens is 1. The highest BCUT2D eigenvalue weighted by Gasteiger charge is 2.07. The van der Waals surface area contributed by atoms with Crippen LogP contribution in [0.4, 0.5) is 5.95 Å². The van der Waals surface area contributed by atoms with Crippen LogP contribution >= 0.6 is 11.6 Å². The molecule has 0 aliphatic rings. The third-order valence-corrected chi connectivity index (χ3v) is 2.11. The Labute approximate surface area is 86.0 Å². The number of nitrogen functional groups attached to an aromatic ring is 1. The quantitative estimate of drug-likeness (QED) is 0.605. The lowest BCUT2D eigenvalue weighted by Crippen LogP contribution is -2.02. The average molecular weight is 209 g/mol. The first kappa shape index (κ1) is 9.02. The molecule has 0 aromatic carbocycles. The Morgan fingerprint density at radius 3 is 3.00 bits per heavy atom. The molecule has 0 amide bonds. The van der Waals surface area contributed by atoms with E-state index in [0.29, 0.717) is 23.3 Å². The van der Waals surface area contributed by atoms with E-state index in [0.717, 1.165) is 5.52 Å². The molecule has 0 bridgehead atoms. The topological polar surface area (TPSA) is 56.7 Å². The van der Waals surface area contributed by atoms with Crippen molar-refractivity contribution in [1.82, 2.24) is 14.5 Å². The number of pyridine rings is 1. The minimum atomic E-state index is 0.426. The zero-order valence-corrected chi connectivity index (χ0v) is 8.20. The molecule has 0 aliphatic carbocycles. The van der Waals surface area contributed by atoms with Crippen LogP contribution in [0.25, 0.3) is 11.2 Å². The standard InChI is InChI=1S/C9H9ClN4/c1-2-5-14-8-6(12-9(14)11)3-4-7(10)13-8/h2-4H,1,5H2,(H2,11,12). The second kappa shape index (κ2) is 3.31. The predicted molar refractivity (Wildman–Crippen MR) is 57.1 cm³/mol. The Bertz CT molecular complexity index is 489. The number of nitrogens with two attached hydrogens (primary N) is 1. The number of hydrogen-bond acceptors (Lipinski definition) is 3. The Kier molecular flexibility index (Phi) is 2.13. The van der Waals surface area contributed by atoms with E-state index in [4.69, 9.17) is 17.3 Å². The summed E-state index contributed by atoms with van der Waals surface area (Å²) in [6, 6.07) is 3.48. The van der Waals surface area contributed by atoms with Gasteiger partial charge < -0.3 is 5.73 Å². The second-order valence-electron chi connectivity index (χ2n) is 2.85. The summed E-state index contributed by atoms with van der Waals surface area (Å²) in [4.78, 5) is 8.30. The molecular formula is C9H9ClN4. The van der Waals surface area contributed by atoms with Crippen LogP contribution in [-0.2, 0) is 6.54 Å². The smallest absolute Gasteiger partial charge is 0.202 e. The monoisotopic (exact) mass is 208 g/mol. The van der Waals surface area contributed by atoms with Crippen molar-refractivity contribution >= 4 is 28.7 Å². The summed E-state index contributed by atoms with van der Waals surface area (Å²) in [5, 5.41) is 0.433. The number of allylic oxidation sites excluding steroid dienone is 1. The molecule has 5 heteroatoms. The molecule has 2 rings (SSSR count). The molecule has 0 unspecified atom stereocenters. The molecule has 2 aromatic heterocycles. The van der Waals surface area contributed by atoms with E-state index in [9.17, 15) is 0 Å². The van der Waals surface area contributed by atoms with Crippen molar-refractivity contribution in [2.45, 2.75) is 6.54 Å². The van der Waals surface area contributed by atoms with Crippen LogP contribution in [-0.4, -0.2) is 14.5 Å². The summed E-state index contributed by atoms with van der Waals surface area (Å²) < 4.78 is 1.76. The minimum absolute atomic E-state index is 0.426. The van der Waals surface area contributed by atoms with Crippen LogP contribution in [0.5, 0.6) is 0 Å². The predicted octanol–water partition coefficient (Wildman–Crippen LogP) is 1.85. The molecule has 2 aromatic rings. The van der Waals surface area contributed by atoms with E-state index >= 15 is 0 Å². The van der Waals surface area contributed by atoms with Gasteiger partial charge in [0.15, 0.2) is 5.65 Å². The van der Waals surface area contributed by atoms with E-state index in [1.807, 2.05) is 0 Å². The lowest BCUT2D eigenvalue weighted by atomic mass is 10.4. The lowest BCUT2D eigenvalue weighted by Gasteiger charge is -2.00. The number of anilines is 1. The maximum atomic E-state index is 5.78. The SMILES string of the molecule is C=CCn1c(N)nc2ccc(Cl)nc21. The van der Waals surface area contributed by atoms with Gasteiger partial charge in [-0.25, -0.2) is 9.97 Å².